The van der Waals surface area contributed by atoms with Crippen molar-refractivity contribution in [2.24, 2.45) is 4.99 Å². The monoisotopic (exact) mass is 375 g/mol. The van der Waals surface area contributed by atoms with Crippen molar-refractivity contribution in [1.29, 1.82) is 0 Å². The van der Waals surface area contributed by atoms with Gasteiger partial charge in [0.1, 0.15) is 17.4 Å². The van der Waals surface area contributed by atoms with Gasteiger partial charge in [-0.1, -0.05) is 12.1 Å². The van der Waals surface area contributed by atoms with E-state index in [2.05, 4.69) is 15.0 Å². The van der Waals surface area contributed by atoms with E-state index in [9.17, 15) is 13.2 Å². The number of amidine groups is 1. The second-order valence-corrected chi connectivity index (χ2v) is 7.89. The molecule has 0 bridgehead atoms. The number of nitrogens with one attached hydrogen (secondary N) is 2. The Labute approximate surface area is 152 Å². The van der Waals surface area contributed by atoms with E-state index in [1.165, 1.54) is 6.07 Å². The first-order valence-electron chi connectivity index (χ1n) is 8.31. The molecule has 2 aromatic rings. The lowest BCUT2D eigenvalue weighted by molar-refractivity contribution is -0.121. The van der Waals surface area contributed by atoms with Gasteiger partial charge in [0.15, 0.2) is 0 Å². The van der Waals surface area contributed by atoms with Gasteiger partial charge in [0.25, 0.3) is 10.0 Å². The average Bonchev–Trinajstić information content (AvgIpc) is 3.04. The van der Waals surface area contributed by atoms with Crippen molar-refractivity contribution in [3.63, 3.8) is 0 Å². The number of furan rings is 1. The third kappa shape index (κ3) is 3.65. The van der Waals surface area contributed by atoms with Crippen LogP contribution in [0.15, 0.2) is 44.6 Å². The fourth-order valence-electron chi connectivity index (χ4n) is 2.99. The van der Waals surface area contributed by atoms with E-state index in [-0.39, 0.29) is 35.6 Å². The minimum atomic E-state index is -3.55. The molecule has 1 unspecified atom stereocenters. The molecule has 7 nitrogen and oxygen atoms in total. The number of carbonyl (C=O) groups excluding carboxylic acids is 1. The maximum atomic E-state index is 12.1. The van der Waals surface area contributed by atoms with Crippen LogP contribution in [0.5, 0.6) is 0 Å². The normalized spacial score (nSPS) is 17.6. The fraction of sp³-hybridized carbons (Fsp3) is 0.333. The summed E-state index contributed by atoms with van der Waals surface area (Å²) < 4.78 is 31.9. The largest absolute Gasteiger partial charge is 0.466 e. The van der Waals surface area contributed by atoms with Crippen molar-refractivity contribution in [2.45, 2.75) is 38.1 Å². The number of benzene rings is 1. The molecule has 138 valence electrons. The maximum Gasteiger partial charge on any atom is 0.263 e. The number of sulfonamides is 1. The number of amides is 1. The predicted molar refractivity (Wildman–Crippen MR) is 97.5 cm³/mol. The van der Waals surface area contributed by atoms with Gasteiger partial charge in [-0.2, -0.15) is 0 Å². The Morgan fingerprint density at radius 1 is 1.31 bits per heavy atom. The zero-order valence-electron chi connectivity index (χ0n) is 14.9. The molecule has 1 aliphatic rings. The average molecular weight is 375 g/mol. The van der Waals surface area contributed by atoms with Gasteiger partial charge >= 0.3 is 0 Å². The Balaban J connectivity index is 1.61. The molecule has 1 aliphatic heterocycles. The van der Waals surface area contributed by atoms with E-state index in [1.807, 2.05) is 26.8 Å². The number of hydrogen-bond acceptors (Lipinski definition) is 5. The second kappa shape index (κ2) is 6.95. The Morgan fingerprint density at radius 3 is 2.73 bits per heavy atom. The molecule has 1 amide bonds. The lowest BCUT2D eigenvalue weighted by Gasteiger charge is -2.12. The molecule has 0 aliphatic carbocycles. The Kier molecular flexibility index (Phi) is 4.86. The van der Waals surface area contributed by atoms with Crippen LogP contribution in [0, 0.1) is 13.8 Å². The molecule has 1 atom stereocenters. The summed E-state index contributed by atoms with van der Waals surface area (Å²) in [5.41, 5.74) is 1.48. The Hall–Kier alpha value is -2.61. The molecule has 26 heavy (non-hydrogen) atoms. The molecule has 1 aromatic heterocycles. The third-order valence-corrected chi connectivity index (χ3v) is 5.59. The number of hydrogen-bond donors (Lipinski definition) is 2. The first-order valence-corrected chi connectivity index (χ1v) is 9.79. The van der Waals surface area contributed by atoms with E-state index < -0.39 is 10.0 Å². The van der Waals surface area contributed by atoms with Crippen LogP contribution in [-0.2, 0) is 14.8 Å². The van der Waals surface area contributed by atoms with Crippen LogP contribution in [0.1, 0.15) is 42.0 Å². The molecule has 0 radical (unpaired) electrons. The summed E-state index contributed by atoms with van der Waals surface area (Å²) in [5, 5.41) is 2.90. The van der Waals surface area contributed by atoms with Crippen LogP contribution in [0.2, 0.25) is 0 Å². The molecular formula is C18H21N3O4S. The van der Waals surface area contributed by atoms with Crippen LogP contribution in [0.4, 0.5) is 0 Å². The zero-order chi connectivity index (χ0) is 18.9. The Morgan fingerprint density at radius 2 is 2.04 bits per heavy atom. The predicted octanol–water partition coefficient (Wildman–Crippen LogP) is 2.20. The van der Waals surface area contributed by atoms with Crippen LogP contribution in [0.3, 0.4) is 0 Å². The van der Waals surface area contributed by atoms with Crippen molar-refractivity contribution in [1.82, 2.24) is 10.0 Å². The summed E-state index contributed by atoms with van der Waals surface area (Å²) >= 11 is 0. The number of nitrogens with zero attached hydrogens (tertiary/aromatic N) is 1. The standard InChI is InChI=1S/C18H21N3O4S/c1-11-10-15(13(3)25-11)12(2)20-17(22)8-9-19-18-14-6-4-5-7-16(14)26(23,24)21-18/h4-7,10,12H,8-9H2,1-3H3,(H,19,21)(H,20,22). The summed E-state index contributed by atoms with van der Waals surface area (Å²) in [7, 11) is -3.55. The highest BCUT2D eigenvalue weighted by Crippen LogP contribution is 2.23. The number of aliphatic imine (C=N–C) groups is 1. The molecular weight excluding hydrogens is 354 g/mol. The van der Waals surface area contributed by atoms with Gasteiger partial charge in [-0.15, -0.1) is 0 Å². The van der Waals surface area contributed by atoms with Crippen LogP contribution < -0.4 is 10.0 Å². The lowest BCUT2D eigenvalue weighted by atomic mass is 10.1. The number of carbonyl (C=O) groups is 1. The van der Waals surface area contributed by atoms with Crippen LogP contribution in [0.25, 0.3) is 0 Å². The highest BCUT2D eigenvalue weighted by molar-refractivity contribution is 7.90. The van der Waals surface area contributed by atoms with Gasteiger partial charge in [0.05, 0.1) is 17.5 Å². The van der Waals surface area contributed by atoms with Crippen molar-refractivity contribution >= 4 is 21.8 Å². The minimum absolute atomic E-state index is 0.158. The molecule has 0 saturated heterocycles. The zero-order valence-corrected chi connectivity index (χ0v) is 15.7. The third-order valence-electron chi connectivity index (χ3n) is 4.19. The lowest BCUT2D eigenvalue weighted by Crippen LogP contribution is -2.27. The van der Waals surface area contributed by atoms with E-state index in [1.54, 1.807) is 18.2 Å². The highest BCUT2D eigenvalue weighted by atomic mass is 32.2. The molecule has 0 saturated carbocycles. The molecule has 2 heterocycles. The van der Waals surface area contributed by atoms with Crippen molar-refractivity contribution < 1.29 is 17.6 Å². The molecule has 0 fully saturated rings. The van der Waals surface area contributed by atoms with Gasteiger partial charge in [0, 0.05) is 17.5 Å². The molecule has 8 heteroatoms. The van der Waals surface area contributed by atoms with Gasteiger partial charge in [-0.25, -0.2) is 8.42 Å². The quantitative estimate of drug-likeness (QED) is 0.836. The SMILES string of the molecule is Cc1cc(C(C)NC(=O)CCN=C2NS(=O)(=O)c3ccccc32)c(C)o1. The van der Waals surface area contributed by atoms with Gasteiger partial charge in [-0.3, -0.25) is 14.5 Å². The fourth-order valence-corrected chi connectivity index (χ4v) is 4.24. The summed E-state index contributed by atoms with van der Waals surface area (Å²) in [6, 6.07) is 8.38. The molecule has 1 aromatic carbocycles. The van der Waals surface area contributed by atoms with Crippen molar-refractivity contribution in [3.05, 3.63) is 53.0 Å². The van der Waals surface area contributed by atoms with Gasteiger partial charge in [-0.05, 0) is 39.0 Å². The Bertz CT molecular complexity index is 976. The van der Waals surface area contributed by atoms with E-state index >= 15 is 0 Å². The summed E-state index contributed by atoms with van der Waals surface area (Å²) in [6.45, 7) is 5.80. The summed E-state index contributed by atoms with van der Waals surface area (Å²) in [6.07, 6.45) is 0.160. The highest BCUT2D eigenvalue weighted by Gasteiger charge is 2.29. The second-order valence-electron chi connectivity index (χ2n) is 6.24. The molecule has 3 rings (SSSR count). The maximum absolute atomic E-state index is 12.1. The summed E-state index contributed by atoms with van der Waals surface area (Å²) in [5.74, 6) is 1.71. The van der Waals surface area contributed by atoms with E-state index in [4.69, 9.17) is 4.42 Å². The topological polar surface area (TPSA) is 101 Å². The first kappa shape index (κ1) is 18.2. The molecule has 2 N–H and O–H groups in total. The minimum Gasteiger partial charge on any atom is -0.466 e. The van der Waals surface area contributed by atoms with Crippen molar-refractivity contribution in [3.8, 4) is 0 Å². The smallest absolute Gasteiger partial charge is 0.263 e. The van der Waals surface area contributed by atoms with Crippen molar-refractivity contribution in [2.75, 3.05) is 6.54 Å². The van der Waals surface area contributed by atoms with Crippen LogP contribution in [-0.4, -0.2) is 26.7 Å². The van der Waals surface area contributed by atoms with Gasteiger partial charge < -0.3 is 9.73 Å². The van der Waals surface area contributed by atoms with E-state index in [0.717, 1.165) is 17.1 Å². The number of fused-ring (bicyclic) bond motifs is 1. The number of rotatable bonds is 5. The molecule has 0 spiro atoms. The first-order chi connectivity index (χ1) is 12.3. The summed E-state index contributed by atoms with van der Waals surface area (Å²) in [4.78, 5) is 16.6. The van der Waals surface area contributed by atoms with Crippen LogP contribution >= 0.6 is 0 Å². The van der Waals surface area contributed by atoms with Gasteiger partial charge in [0.2, 0.25) is 5.91 Å². The van der Waals surface area contributed by atoms with E-state index in [0.29, 0.717) is 5.56 Å². The number of aryl methyl sites for hydroxylation is 2.